The molecule has 1 aromatic heterocycles. The van der Waals surface area contributed by atoms with Crippen molar-refractivity contribution in [2.45, 2.75) is 42.7 Å². The second-order valence-corrected chi connectivity index (χ2v) is 7.90. The van der Waals surface area contributed by atoms with Gasteiger partial charge in [-0.25, -0.2) is 0 Å². The maximum absolute atomic E-state index is 6.40. The Bertz CT molecular complexity index is 312. The van der Waals surface area contributed by atoms with Crippen LogP contribution in [0.3, 0.4) is 0 Å². The lowest BCUT2D eigenvalue weighted by Crippen LogP contribution is -2.41. The van der Waals surface area contributed by atoms with Gasteiger partial charge < -0.3 is 5.73 Å². The number of nitrogens with two attached hydrogens (primary N) is 1. The largest absolute Gasteiger partial charge is 0.327 e. The minimum atomic E-state index is 0.359. The molecule has 0 aromatic carbocycles. The summed E-state index contributed by atoms with van der Waals surface area (Å²) in [7, 11) is 0. The van der Waals surface area contributed by atoms with Crippen molar-refractivity contribution in [2.24, 2.45) is 5.73 Å². The van der Waals surface area contributed by atoms with Crippen LogP contribution in [0.2, 0.25) is 0 Å². The molecular formula is C13H21NS3. The SMILES string of the molecule is CCC1SCCSC1C(N)CCc1ccsc1. The van der Waals surface area contributed by atoms with Crippen LogP contribution < -0.4 is 5.73 Å². The third-order valence-corrected chi connectivity index (χ3v) is 7.42. The van der Waals surface area contributed by atoms with Crippen molar-refractivity contribution in [1.82, 2.24) is 0 Å². The van der Waals surface area contributed by atoms with Gasteiger partial charge in [-0.1, -0.05) is 6.92 Å². The fraction of sp³-hybridized carbons (Fsp3) is 0.692. The standard InChI is InChI=1S/C13H21NS3/c1-2-12-13(17-8-7-16-12)11(14)4-3-10-5-6-15-9-10/h5-6,9,11-13H,2-4,7-8,14H2,1H3. The molecule has 2 rings (SSSR count). The Kier molecular flexibility index (Phi) is 5.74. The highest BCUT2D eigenvalue weighted by molar-refractivity contribution is 8.07. The van der Waals surface area contributed by atoms with E-state index in [2.05, 4.69) is 47.3 Å². The third-order valence-electron chi connectivity index (χ3n) is 3.26. The summed E-state index contributed by atoms with van der Waals surface area (Å²) in [6.45, 7) is 2.29. The lowest BCUT2D eigenvalue weighted by atomic mass is 10.0. The molecule has 3 unspecified atom stereocenters. The molecular weight excluding hydrogens is 266 g/mol. The van der Waals surface area contributed by atoms with Gasteiger partial charge in [0.25, 0.3) is 0 Å². The predicted octanol–water partition coefficient (Wildman–Crippen LogP) is 3.64. The first kappa shape index (κ1) is 13.8. The minimum absolute atomic E-state index is 0.359. The fourth-order valence-electron chi connectivity index (χ4n) is 2.27. The van der Waals surface area contributed by atoms with Crippen molar-refractivity contribution in [1.29, 1.82) is 0 Å². The van der Waals surface area contributed by atoms with Crippen LogP contribution in [-0.4, -0.2) is 28.0 Å². The van der Waals surface area contributed by atoms with Crippen LogP contribution in [0.5, 0.6) is 0 Å². The van der Waals surface area contributed by atoms with E-state index >= 15 is 0 Å². The summed E-state index contributed by atoms with van der Waals surface area (Å²) in [5.41, 5.74) is 7.85. The molecule has 1 saturated heterocycles. The molecule has 0 spiro atoms. The Labute approximate surface area is 117 Å². The molecule has 4 heteroatoms. The second kappa shape index (κ2) is 7.07. The van der Waals surface area contributed by atoms with Crippen molar-refractivity contribution >= 4 is 34.9 Å². The van der Waals surface area contributed by atoms with E-state index in [1.54, 1.807) is 11.3 Å². The van der Waals surface area contributed by atoms with Crippen molar-refractivity contribution < 1.29 is 0 Å². The van der Waals surface area contributed by atoms with Gasteiger partial charge in [-0.2, -0.15) is 34.9 Å². The van der Waals surface area contributed by atoms with Gasteiger partial charge in [0.15, 0.2) is 0 Å². The average molecular weight is 288 g/mol. The van der Waals surface area contributed by atoms with E-state index in [-0.39, 0.29) is 0 Å². The Balaban J connectivity index is 1.83. The molecule has 0 saturated carbocycles. The number of thiophene rings is 1. The molecule has 1 fully saturated rings. The van der Waals surface area contributed by atoms with Gasteiger partial charge in [0, 0.05) is 28.0 Å². The molecule has 2 N–H and O–H groups in total. The third kappa shape index (κ3) is 3.91. The summed E-state index contributed by atoms with van der Waals surface area (Å²) in [5.74, 6) is 2.58. The normalized spacial score (nSPS) is 26.9. The highest BCUT2D eigenvalue weighted by Gasteiger charge is 2.29. The van der Waals surface area contributed by atoms with E-state index in [0.717, 1.165) is 18.1 Å². The molecule has 0 radical (unpaired) electrons. The number of hydrogen-bond acceptors (Lipinski definition) is 4. The van der Waals surface area contributed by atoms with Crippen molar-refractivity contribution in [3.05, 3.63) is 22.4 Å². The number of hydrogen-bond donors (Lipinski definition) is 1. The maximum Gasteiger partial charge on any atom is 0.0318 e. The van der Waals surface area contributed by atoms with Crippen molar-refractivity contribution in [3.8, 4) is 0 Å². The zero-order chi connectivity index (χ0) is 12.1. The minimum Gasteiger partial charge on any atom is -0.327 e. The monoisotopic (exact) mass is 287 g/mol. The molecule has 1 nitrogen and oxygen atoms in total. The highest BCUT2D eigenvalue weighted by atomic mass is 32.2. The number of aryl methyl sites for hydroxylation is 1. The van der Waals surface area contributed by atoms with Gasteiger partial charge in [-0.15, -0.1) is 0 Å². The van der Waals surface area contributed by atoms with E-state index in [1.165, 1.54) is 23.5 Å². The summed E-state index contributed by atoms with van der Waals surface area (Å²) >= 11 is 6.00. The summed E-state index contributed by atoms with van der Waals surface area (Å²) in [6, 6.07) is 2.58. The molecule has 0 aliphatic carbocycles. The average Bonchev–Trinajstić information content (AvgIpc) is 2.89. The molecule has 0 amide bonds. The van der Waals surface area contributed by atoms with Gasteiger partial charge >= 0.3 is 0 Å². The van der Waals surface area contributed by atoms with Gasteiger partial charge in [-0.05, 0) is 41.7 Å². The molecule has 96 valence electrons. The lowest BCUT2D eigenvalue weighted by molar-refractivity contribution is 0.562. The Morgan fingerprint density at radius 3 is 2.94 bits per heavy atom. The van der Waals surface area contributed by atoms with Gasteiger partial charge in [0.05, 0.1) is 0 Å². The van der Waals surface area contributed by atoms with Crippen LogP contribution >= 0.6 is 34.9 Å². The van der Waals surface area contributed by atoms with E-state index in [0.29, 0.717) is 11.3 Å². The Hall–Kier alpha value is 0.360. The van der Waals surface area contributed by atoms with Crippen molar-refractivity contribution in [2.75, 3.05) is 11.5 Å². The van der Waals surface area contributed by atoms with E-state index in [4.69, 9.17) is 5.73 Å². The summed E-state index contributed by atoms with van der Waals surface area (Å²) in [5, 5.41) is 5.83. The zero-order valence-corrected chi connectivity index (χ0v) is 12.8. The fourth-order valence-corrected chi connectivity index (χ4v) is 6.20. The van der Waals surface area contributed by atoms with Gasteiger partial charge in [-0.3, -0.25) is 0 Å². The van der Waals surface area contributed by atoms with E-state index in [1.807, 2.05) is 0 Å². The summed E-state index contributed by atoms with van der Waals surface area (Å²) < 4.78 is 0. The molecule has 1 aromatic rings. The Morgan fingerprint density at radius 2 is 2.24 bits per heavy atom. The lowest BCUT2D eigenvalue weighted by Gasteiger charge is -2.34. The number of rotatable bonds is 5. The van der Waals surface area contributed by atoms with Crippen LogP contribution in [0.25, 0.3) is 0 Å². The molecule has 1 aliphatic rings. The van der Waals surface area contributed by atoms with Crippen LogP contribution in [-0.2, 0) is 6.42 Å². The summed E-state index contributed by atoms with van der Waals surface area (Å²) in [6.07, 6.45) is 3.53. The Morgan fingerprint density at radius 1 is 1.41 bits per heavy atom. The summed E-state index contributed by atoms with van der Waals surface area (Å²) in [4.78, 5) is 0. The van der Waals surface area contributed by atoms with Crippen LogP contribution in [0.4, 0.5) is 0 Å². The molecule has 2 heterocycles. The van der Waals surface area contributed by atoms with E-state index in [9.17, 15) is 0 Å². The van der Waals surface area contributed by atoms with Crippen LogP contribution in [0, 0.1) is 0 Å². The van der Waals surface area contributed by atoms with E-state index < -0.39 is 0 Å². The maximum atomic E-state index is 6.40. The quantitative estimate of drug-likeness (QED) is 0.895. The van der Waals surface area contributed by atoms with Gasteiger partial charge in [0.1, 0.15) is 0 Å². The topological polar surface area (TPSA) is 26.0 Å². The zero-order valence-electron chi connectivity index (χ0n) is 10.3. The first-order valence-corrected chi connectivity index (χ1v) is 9.35. The first-order chi connectivity index (χ1) is 8.31. The van der Waals surface area contributed by atoms with Gasteiger partial charge in [0.2, 0.25) is 0 Å². The van der Waals surface area contributed by atoms with Crippen LogP contribution in [0.1, 0.15) is 25.3 Å². The van der Waals surface area contributed by atoms with Crippen molar-refractivity contribution in [3.63, 3.8) is 0 Å². The molecule has 3 atom stereocenters. The smallest absolute Gasteiger partial charge is 0.0318 e. The molecule has 1 aliphatic heterocycles. The highest BCUT2D eigenvalue weighted by Crippen LogP contribution is 2.35. The number of thioether (sulfide) groups is 2. The first-order valence-electron chi connectivity index (χ1n) is 6.31. The molecule has 17 heavy (non-hydrogen) atoms. The second-order valence-electron chi connectivity index (χ2n) is 4.49. The predicted molar refractivity (Wildman–Crippen MR) is 83.4 cm³/mol. The van der Waals surface area contributed by atoms with Crippen LogP contribution in [0.15, 0.2) is 16.8 Å². The molecule has 0 bridgehead atoms.